The minimum absolute atomic E-state index is 0. The SMILES string of the molecule is CC1=C(C)C(C)(C)[C]([Zr+2])=C1C.[CH3][Zr]([CH3])([CH3])([CH3])([Cl])([Cl])[C]1=CC=CC1.[Cl-].[Cl-].c1ccc2c(c1)-c1ccccc1C2C1c2ccccc2-c2ccccc21. The summed E-state index contributed by atoms with van der Waals surface area (Å²) in [6.07, 6.45) is 7.12. The van der Waals surface area contributed by atoms with Crippen molar-refractivity contribution in [3.63, 3.8) is 0 Å². The van der Waals surface area contributed by atoms with E-state index in [0.29, 0.717) is 17.3 Å². The minimum atomic E-state index is -4.39. The zero-order valence-corrected chi connectivity index (χ0v) is 39.3. The topological polar surface area (TPSA) is 0 Å². The zero-order chi connectivity index (χ0) is 35.7. The number of hydrogen-bond donors (Lipinski definition) is 0. The number of fused-ring (bicyclic) bond motifs is 6. The summed E-state index contributed by atoms with van der Waals surface area (Å²) in [6, 6.07) is 35.8. The standard InChI is InChI=1S/C26H18.C10H15.C5H5.4CH3.4ClH.2Zr/c1-5-13-21-17(9-1)18-10-2-6-14-22(18)25(21)26-23-15-7-3-11-19(23)20-12-4-8-16-24(20)26;1-7-6-10(4,5)9(3)8(7)2;1-2-4-5-3-1;;;;;;;;;;/h1-16,25-26H;1-5H3;1-3H,4H2;4*1H3;4*1H;;/q;;;;;;;;;;;2*+2/p-4. The van der Waals surface area contributed by atoms with Gasteiger partial charge in [0, 0.05) is 11.8 Å². The van der Waals surface area contributed by atoms with Crippen LogP contribution in [-0.4, -0.2) is 0 Å². The van der Waals surface area contributed by atoms with Crippen molar-refractivity contribution in [2.75, 3.05) is 0 Å². The Morgan fingerprint density at radius 1 is 0.588 bits per heavy atom. The summed E-state index contributed by atoms with van der Waals surface area (Å²) in [7, 11) is 13.5. The summed E-state index contributed by atoms with van der Waals surface area (Å²) >= 11 is -2.81. The van der Waals surface area contributed by atoms with Crippen LogP contribution in [0.5, 0.6) is 0 Å². The fourth-order valence-electron chi connectivity index (χ4n) is 8.03. The molecule has 0 saturated carbocycles. The first kappa shape index (κ1) is 42.5. The van der Waals surface area contributed by atoms with E-state index in [-0.39, 0.29) is 24.8 Å². The molecule has 4 aliphatic rings. The fourth-order valence-corrected chi connectivity index (χ4v) is 15.5. The second kappa shape index (κ2) is 13.5. The van der Waals surface area contributed by atoms with E-state index in [4.69, 9.17) is 17.0 Å². The monoisotopic (exact) mass is 910 g/mol. The van der Waals surface area contributed by atoms with Crippen molar-refractivity contribution in [1.82, 2.24) is 0 Å². The van der Waals surface area contributed by atoms with Crippen LogP contribution in [0.15, 0.2) is 139 Å². The maximum atomic E-state index is 6.75. The van der Waals surface area contributed by atoms with Gasteiger partial charge in [0.1, 0.15) is 0 Å². The molecule has 0 amide bonds. The molecule has 0 unspecified atom stereocenters. The molecule has 0 fully saturated rings. The van der Waals surface area contributed by atoms with Crippen molar-refractivity contribution in [1.29, 1.82) is 0 Å². The van der Waals surface area contributed by atoms with E-state index in [1.54, 1.807) is 33.6 Å². The molecule has 0 aliphatic heterocycles. The molecule has 6 heteroatoms. The Kier molecular flexibility index (Phi) is 11.3. The van der Waals surface area contributed by atoms with Crippen molar-refractivity contribution in [2.45, 2.75) is 71.4 Å². The van der Waals surface area contributed by atoms with Crippen LogP contribution in [0.3, 0.4) is 0 Å². The molecular formula is C45H50Cl4Zr2. The molecule has 0 aromatic heterocycles. The van der Waals surface area contributed by atoms with Crippen LogP contribution in [-0.2, 0) is 38.1 Å². The van der Waals surface area contributed by atoms with E-state index in [1.165, 1.54) is 58.9 Å². The average molecular weight is 915 g/mol. The van der Waals surface area contributed by atoms with Crippen LogP contribution >= 0.6 is 17.0 Å². The molecule has 266 valence electrons. The van der Waals surface area contributed by atoms with Gasteiger partial charge >= 0.3 is 162 Å². The number of halogens is 4. The Hall–Kier alpha value is -1.23. The van der Waals surface area contributed by atoms with Crippen LogP contribution in [0.4, 0.5) is 0 Å². The normalized spacial score (nSPS) is 18.8. The zero-order valence-electron chi connectivity index (χ0n) is 31.3. The van der Waals surface area contributed by atoms with Gasteiger partial charge in [-0.2, -0.15) is 0 Å². The Morgan fingerprint density at radius 2 is 0.922 bits per heavy atom. The molecule has 0 radical (unpaired) electrons. The first-order valence-electron chi connectivity index (χ1n) is 17.6. The summed E-state index contributed by atoms with van der Waals surface area (Å²) in [6.45, 7) is 11.4. The third kappa shape index (κ3) is 8.24. The van der Waals surface area contributed by atoms with E-state index in [9.17, 15) is 0 Å². The van der Waals surface area contributed by atoms with Gasteiger partial charge in [-0.05, 0) is 44.5 Å². The molecule has 0 N–H and O–H groups in total. The molecule has 0 nitrogen and oxygen atoms in total. The quantitative estimate of drug-likeness (QED) is 0.189. The van der Waals surface area contributed by atoms with Gasteiger partial charge in [0.05, 0.1) is 0 Å². The summed E-state index contributed by atoms with van der Waals surface area (Å²) in [5, 5.41) is 0. The Bertz CT molecular complexity index is 1930. The Morgan fingerprint density at radius 3 is 1.12 bits per heavy atom. The minimum Gasteiger partial charge on any atom is -1.00 e. The summed E-state index contributed by atoms with van der Waals surface area (Å²) in [5.41, 5.74) is 16.4. The summed E-state index contributed by atoms with van der Waals surface area (Å²) in [4.78, 5) is 0. The fraction of sp³-hybridized carbons (Fsp3) is 0.289. The summed E-state index contributed by atoms with van der Waals surface area (Å²) in [5.74, 6) is 0.763. The van der Waals surface area contributed by atoms with Gasteiger partial charge < -0.3 is 24.8 Å². The van der Waals surface area contributed by atoms with E-state index >= 15 is 0 Å². The third-order valence-corrected chi connectivity index (χ3v) is 25.2. The van der Waals surface area contributed by atoms with Crippen molar-refractivity contribution in [3.8, 4) is 22.3 Å². The Balaban J connectivity index is 0.000000197. The number of hydrogen-bond acceptors (Lipinski definition) is 0. The van der Waals surface area contributed by atoms with Gasteiger partial charge in [-0.3, -0.25) is 0 Å². The van der Waals surface area contributed by atoms with Crippen LogP contribution < -0.4 is 24.8 Å². The molecular weight excluding hydrogens is 865 g/mol. The number of allylic oxidation sites excluding steroid dienone is 8. The molecule has 0 atom stereocenters. The predicted molar refractivity (Wildman–Crippen MR) is 209 cm³/mol. The third-order valence-electron chi connectivity index (χ3n) is 11.5. The molecule has 0 spiro atoms. The first-order chi connectivity index (χ1) is 22.6. The van der Waals surface area contributed by atoms with Gasteiger partial charge in [0.2, 0.25) is 0 Å². The predicted octanol–water partition coefficient (Wildman–Crippen LogP) is 8.89. The van der Waals surface area contributed by atoms with E-state index < -0.39 is 13.4 Å². The van der Waals surface area contributed by atoms with Gasteiger partial charge in [-0.1, -0.05) is 97.1 Å². The second-order valence-electron chi connectivity index (χ2n) is 18.3. The van der Waals surface area contributed by atoms with Crippen molar-refractivity contribution < 1.29 is 63.0 Å². The maximum absolute atomic E-state index is 6.75. The van der Waals surface area contributed by atoms with E-state index in [0.717, 1.165) is 6.42 Å². The van der Waals surface area contributed by atoms with Gasteiger partial charge in [0.25, 0.3) is 0 Å². The van der Waals surface area contributed by atoms with Crippen LogP contribution in [0.1, 0.15) is 75.1 Å². The number of benzene rings is 4. The largest absolute Gasteiger partial charge is 1.00 e. The second-order valence-corrected chi connectivity index (χ2v) is 73.0. The van der Waals surface area contributed by atoms with Gasteiger partial charge in [-0.25, -0.2) is 0 Å². The van der Waals surface area contributed by atoms with Gasteiger partial charge in [-0.15, -0.1) is 0 Å². The smallest absolute Gasteiger partial charge is 0.0211 e. The van der Waals surface area contributed by atoms with E-state index in [2.05, 4.69) is 144 Å². The molecule has 0 heterocycles. The molecule has 0 saturated heterocycles. The summed E-state index contributed by atoms with van der Waals surface area (Å²) < 4.78 is 11.0. The van der Waals surface area contributed by atoms with Crippen molar-refractivity contribution >= 4 is 17.0 Å². The molecule has 8 rings (SSSR count). The molecule has 0 bridgehead atoms. The number of rotatable bonds is 2. The van der Waals surface area contributed by atoms with Crippen molar-refractivity contribution in [3.05, 3.63) is 161 Å². The molecule has 4 aromatic rings. The van der Waals surface area contributed by atoms with E-state index in [1.807, 2.05) is 24.6 Å². The van der Waals surface area contributed by atoms with Crippen LogP contribution in [0.25, 0.3) is 22.3 Å². The van der Waals surface area contributed by atoms with Crippen molar-refractivity contribution in [2.24, 2.45) is 5.41 Å². The average Bonchev–Trinajstić information content (AvgIpc) is 3.81. The first-order valence-corrected chi connectivity index (χ1v) is 36.3. The van der Waals surface area contributed by atoms with Crippen LogP contribution in [0.2, 0.25) is 18.5 Å². The molecule has 4 aromatic carbocycles. The Labute approximate surface area is 336 Å². The molecule has 4 aliphatic carbocycles. The van der Waals surface area contributed by atoms with Gasteiger partial charge in [0.15, 0.2) is 0 Å². The van der Waals surface area contributed by atoms with Crippen LogP contribution in [0, 0.1) is 5.41 Å². The molecule has 51 heavy (non-hydrogen) atoms. The maximum Gasteiger partial charge on any atom is 0.0211 e.